The maximum Gasteiger partial charge on any atom is 0.408 e. The molecule has 0 bridgehead atoms. The minimum Gasteiger partial charge on any atom is -0.466 e. The van der Waals surface area contributed by atoms with E-state index >= 15 is 0 Å². The number of carbonyl (C=O) groups excluding carboxylic acids is 8. The average molecular weight is 831 g/mol. The topological polar surface area (TPSA) is 250 Å². The van der Waals surface area contributed by atoms with E-state index in [0.717, 1.165) is 6.08 Å². The van der Waals surface area contributed by atoms with Gasteiger partial charge >= 0.3 is 18.0 Å². The number of esters is 2. The number of methoxy groups -OCH3 is 1. The van der Waals surface area contributed by atoms with Gasteiger partial charge in [-0.05, 0) is 78.2 Å². The second-order valence-electron chi connectivity index (χ2n) is 17.0. The lowest BCUT2D eigenvalue weighted by atomic mass is 9.98. The summed E-state index contributed by atoms with van der Waals surface area (Å²) in [5.41, 5.74) is 4.37. The molecule has 0 aliphatic carbocycles. The molecule has 59 heavy (non-hydrogen) atoms. The van der Waals surface area contributed by atoms with Crippen LogP contribution in [0.4, 0.5) is 4.79 Å². The van der Waals surface area contributed by atoms with Crippen LogP contribution in [-0.2, 0) is 54.2 Å². The first-order chi connectivity index (χ1) is 27.3. The van der Waals surface area contributed by atoms with E-state index in [-0.39, 0.29) is 44.4 Å². The minimum atomic E-state index is -1.30. The maximum absolute atomic E-state index is 14.0. The first-order valence-corrected chi connectivity index (χ1v) is 19.8. The van der Waals surface area contributed by atoms with E-state index in [0.29, 0.717) is 5.56 Å². The molecule has 0 aliphatic rings. The van der Waals surface area contributed by atoms with Crippen LogP contribution in [0.5, 0.6) is 0 Å². The summed E-state index contributed by atoms with van der Waals surface area (Å²) in [6, 6.07) is 3.21. The lowest BCUT2D eigenvalue weighted by Gasteiger charge is -2.29. The molecule has 17 nitrogen and oxygen atoms in total. The summed E-state index contributed by atoms with van der Waals surface area (Å²) in [5.74, 6) is -5.33. The summed E-state index contributed by atoms with van der Waals surface area (Å²) in [5, 5.41) is 13.4. The van der Waals surface area contributed by atoms with E-state index in [1.807, 2.05) is 13.8 Å². The van der Waals surface area contributed by atoms with Crippen molar-refractivity contribution in [3.05, 3.63) is 48.0 Å². The van der Waals surface area contributed by atoms with Crippen molar-refractivity contribution in [2.45, 2.75) is 149 Å². The highest BCUT2D eigenvalue weighted by atomic mass is 16.6. The molecule has 5 atom stereocenters. The fourth-order valence-electron chi connectivity index (χ4n) is 5.52. The highest BCUT2D eigenvalue weighted by Crippen LogP contribution is 2.14. The molecule has 7 N–H and O–H groups in total. The van der Waals surface area contributed by atoms with Gasteiger partial charge in [-0.15, -0.1) is 0 Å². The first kappa shape index (κ1) is 51.5. The number of primary amides is 1. The molecule has 0 aliphatic heterocycles. The Balaban J connectivity index is 3.40. The third-order valence-corrected chi connectivity index (χ3v) is 8.26. The number of carbonyl (C=O) groups is 8. The summed E-state index contributed by atoms with van der Waals surface area (Å²) in [6.45, 7) is 17.1. The zero-order valence-corrected chi connectivity index (χ0v) is 36.4. The molecule has 0 spiro atoms. The number of benzene rings is 1. The normalized spacial score (nSPS) is 14.3. The number of alkyl carbamates (subject to hydrolysis) is 1. The molecule has 17 heteroatoms. The van der Waals surface area contributed by atoms with Crippen molar-refractivity contribution in [1.82, 2.24) is 26.6 Å². The Kier molecular flexibility index (Phi) is 21.4. The van der Waals surface area contributed by atoms with E-state index in [4.69, 9.17) is 15.2 Å². The van der Waals surface area contributed by atoms with Gasteiger partial charge in [-0.25, -0.2) is 9.59 Å². The van der Waals surface area contributed by atoms with Crippen molar-refractivity contribution >= 4 is 47.6 Å². The van der Waals surface area contributed by atoms with Gasteiger partial charge in [-0.1, -0.05) is 64.1 Å². The molecule has 1 rings (SSSR count). The molecular formula is C42H66N6O11. The first-order valence-electron chi connectivity index (χ1n) is 19.8. The Labute approximate surface area is 348 Å². The lowest BCUT2D eigenvalue weighted by molar-refractivity contribution is -0.155. The van der Waals surface area contributed by atoms with Crippen LogP contribution < -0.4 is 32.3 Å². The number of ether oxygens (including phenoxy) is 3. The Morgan fingerprint density at radius 2 is 1.24 bits per heavy atom. The van der Waals surface area contributed by atoms with E-state index in [2.05, 4.69) is 31.3 Å². The molecular weight excluding hydrogens is 764 g/mol. The van der Waals surface area contributed by atoms with Crippen LogP contribution in [0, 0.1) is 11.8 Å². The van der Waals surface area contributed by atoms with Crippen molar-refractivity contribution in [1.29, 1.82) is 0 Å². The van der Waals surface area contributed by atoms with Gasteiger partial charge in [-0.2, -0.15) is 0 Å². The monoisotopic (exact) mass is 830 g/mol. The van der Waals surface area contributed by atoms with Gasteiger partial charge in [0.25, 0.3) is 0 Å². The van der Waals surface area contributed by atoms with E-state index in [1.54, 1.807) is 85.7 Å². The molecule has 0 saturated heterocycles. The van der Waals surface area contributed by atoms with Crippen LogP contribution in [0.15, 0.2) is 42.5 Å². The summed E-state index contributed by atoms with van der Waals surface area (Å²) in [7, 11) is 1.19. The standard InChI is InChI=1S/C42H66N6O11/c1-25(2)23-30(38(54)45-31(24-27-15-13-12-14-16-27)37(53)44-28(17-20-32(43)49)18-21-33(50)57-11)46-39(55)35(26(3)4)48-36(52)29(47-40(56)59-42(8,9)10)19-22-34(51)58-41(5,6)7/h12-16,18,21,25-26,28-31,35H,17,19-20,22-24H2,1-11H3,(H2,43,49)(H,44,53)(H,45,54)(H,46,55)(H,47,56)(H,48,52)/b21-18+/t28-,29?,30-,31-,35-/m0/s1. The zero-order chi connectivity index (χ0) is 45.1. The van der Waals surface area contributed by atoms with Gasteiger partial charge in [-0.3, -0.25) is 28.8 Å². The van der Waals surface area contributed by atoms with Crippen LogP contribution in [0.1, 0.15) is 107 Å². The molecule has 1 aromatic rings. The maximum atomic E-state index is 14.0. The Morgan fingerprint density at radius 3 is 1.76 bits per heavy atom. The molecule has 0 heterocycles. The van der Waals surface area contributed by atoms with E-state index in [1.165, 1.54) is 13.2 Å². The van der Waals surface area contributed by atoms with Gasteiger partial charge in [0.15, 0.2) is 0 Å². The highest BCUT2D eigenvalue weighted by Gasteiger charge is 2.34. The Hall–Kier alpha value is -5.48. The molecule has 0 saturated carbocycles. The van der Waals surface area contributed by atoms with Crippen molar-refractivity contribution < 1.29 is 52.6 Å². The number of amides is 6. The van der Waals surface area contributed by atoms with Crippen molar-refractivity contribution in [3.63, 3.8) is 0 Å². The number of nitrogens with two attached hydrogens (primary N) is 1. The second kappa shape index (κ2) is 24.4. The predicted molar refractivity (Wildman–Crippen MR) is 220 cm³/mol. The van der Waals surface area contributed by atoms with E-state index in [9.17, 15) is 38.4 Å². The molecule has 0 radical (unpaired) electrons. The lowest BCUT2D eigenvalue weighted by Crippen LogP contribution is -2.60. The summed E-state index contributed by atoms with van der Waals surface area (Å²) < 4.78 is 15.4. The van der Waals surface area contributed by atoms with Gasteiger partial charge in [0.2, 0.25) is 29.5 Å². The average Bonchev–Trinajstić information content (AvgIpc) is 3.10. The third kappa shape index (κ3) is 22.3. The molecule has 1 aromatic carbocycles. The summed E-state index contributed by atoms with van der Waals surface area (Å²) in [4.78, 5) is 104. The Bertz CT molecular complexity index is 1620. The van der Waals surface area contributed by atoms with Gasteiger partial charge in [0.1, 0.15) is 35.4 Å². The fourth-order valence-corrected chi connectivity index (χ4v) is 5.52. The number of hydrogen-bond donors (Lipinski definition) is 6. The van der Waals surface area contributed by atoms with Crippen LogP contribution in [0.25, 0.3) is 0 Å². The van der Waals surface area contributed by atoms with Crippen molar-refractivity contribution in [2.24, 2.45) is 17.6 Å². The van der Waals surface area contributed by atoms with Gasteiger partial charge < -0.3 is 46.5 Å². The van der Waals surface area contributed by atoms with E-state index < -0.39 is 94.9 Å². The quantitative estimate of drug-likeness (QED) is 0.0563. The summed E-state index contributed by atoms with van der Waals surface area (Å²) >= 11 is 0. The predicted octanol–water partition coefficient (Wildman–Crippen LogP) is 2.88. The van der Waals surface area contributed by atoms with Gasteiger partial charge in [0, 0.05) is 31.4 Å². The SMILES string of the molecule is COC(=O)/C=C/[C@H](CCC(N)=O)NC(=O)[C@H](Cc1ccccc1)NC(=O)[C@H](CC(C)C)NC(=O)[C@@H](NC(=O)C(CCC(=O)OC(C)(C)C)NC(=O)OC(C)(C)C)C(C)C. The molecule has 0 aromatic heterocycles. The molecule has 330 valence electrons. The Morgan fingerprint density at radius 1 is 0.678 bits per heavy atom. The molecule has 0 fully saturated rings. The van der Waals surface area contributed by atoms with Crippen LogP contribution in [0.2, 0.25) is 0 Å². The van der Waals surface area contributed by atoms with Crippen molar-refractivity contribution in [3.8, 4) is 0 Å². The van der Waals surface area contributed by atoms with Crippen LogP contribution in [-0.4, -0.2) is 96.1 Å². The van der Waals surface area contributed by atoms with Crippen LogP contribution >= 0.6 is 0 Å². The highest BCUT2D eigenvalue weighted by molar-refractivity contribution is 5.95. The van der Waals surface area contributed by atoms with Gasteiger partial charge in [0.05, 0.1) is 7.11 Å². The number of nitrogens with one attached hydrogen (secondary N) is 5. The number of rotatable bonds is 22. The molecule has 1 unspecified atom stereocenters. The molecule has 6 amide bonds. The largest absolute Gasteiger partial charge is 0.466 e. The van der Waals surface area contributed by atoms with Crippen LogP contribution in [0.3, 0.4) is 0 Å². The van der Waals surface area contributed by atoms with Crippen molar-refractivity contribution in [2.75, 3.05) is 7.11 Å². The fraction of sp³-hybridized carbons (Fsp3) is 0.619. The minimum absolute atomic E-state index is 0.0457. The smallest absolute Gasteiger partial charge is 0.408 e. The third-order valence-electron chi connectivity index (χ3n) is 8.26. The second-order valence-corrected chi connectivity index (χ2v) is 17.0. The zero-order valence-electron chi connectivity index (χ0n) is 36.4. The number of hydrogen-bond acceptors (Lipinski definition) is 11. The summed E-state index contributed by atoms with van der Waals surface area (Å²) in [6.07, 6.45) is 1.31.